The van der Waals surface area contributed by atoms with Crippen molar-refractivity contribution in [2.24, 2.45) is 7.05 Å². The van der Waals surface area contributed by atoms with Crippen LogP contribution >= 0.6 is 0 Å². The lowest BCUT2D eigenvalue weighted by molar-refractivity contribution is -0.693. The molecule has 0 radical (unpaired) electrons. The molecule has 2 aromatic rings. The lowest BCUT2D eigenvalue weighted by atomic mass is 10.3. The van der Waals surface area contributed by atoms with Crippen LogP contribution in [0.1, 0.15) is 0 Å². The molecular formula is C13H16ClN3O2. The van der Waals surface area contributed by atoms with Gasteiger partial charge in [0.15, 0.2) is 11.5 Å². The van der Waals surface area contributed by atoms with E-state index in [-0.39, 0.29) is 12.4 Å². The van der Waals surface area contributed by atoms with Crippen LogP contribution in [0.2, 0.25) is 0 Å². The van der Waals surface area contributed by atoms with Crippen LogP contribution in [0.15, 0.2) is 36.9 Å². The average molecular weight is 282 g/mol. The summed E-state index contributed by atoms with van der Waals surface area (Å²) in [7, 11) is 2.02. The maximum atomic E-state index is 5.34. The van der Waals surface area contributed by atoms with Gasteiger partial charge in [-0.1, -0.05) is 0 Å². The maximum Gasteiger partial charge on any atom is 0.243 e. The van der Waals surface area contributed by atoms with Gasteiger partial charge in [-0.15, -0.1) is 0 Å². The molecular weight excluding hydrogens is 266 g/mol. The Morgan fingerprint density at radius 2 is 2.16 bits per heavy atom. The van der Waals surface area contributed by atoms with E-state index in [1.807, 2.05) is 36.0 Å². The van der Waals surface area contributed by atoms with Gasteiger partial charge in [0, 0.05) is 11.8 Å². The summed E-state index contributed by atoms with van der Waals surface area (Å²) >= 11 is 0. The molecule has 1 N–H and O–H groups in total. The molecule has 3 rings (SSSR count). The topological polar surface area (TPSA) is 39.3 Å². The summed E-state index contributed by atoms with van der Waals surface area (Å²) < 4.78 is 14.8. The molecule has 0 saturated heterocycles. The lowest BCUT2D eigenvalue weighted by Crippen LogP contribution is -3.00. The normalized spacial score (nSPS) is 12.1. The van der Waals surface area contributed by atoms with E-state index in [9.17, 15) is 0 Å². The predicted octanol–water partition coefficient (Wildman–Crippen LogP) is -1.84. The van der Waals surface area contributed by atoms with E-state index < -0.39 is 0 Å². The number of anilines is 1. The second kappa shape index (κ2) is 5.84. The molecule has 0 fully saturated rings. The number of benzene rings is 1. The fourth-order valence-corrected chi connectivity index (χ4v) is 1.97. The number of fused-ring (bicyclic) bond motifs is 1. The number of halogens is 1. The average Bonchev–Trinajstić information content (AvgIpc) is 2.97. The van der Waals surface area contributed by atoms with Gasteiger partial charge in [-0.25, -0.2) is 9.13 Å². The summed E-state index contributed by atoms with van der Waals surface area (Å²) in [6.07, 6.45) is 6.14. The van der Waals surface area contributed by atoms with Crippen molar-refractivity contribution in [3.63, 3.8) is 0 Å². The van der Waals surface area contributed by atoms with Gasteiger partial charge in [0.1, 0.15) is 18.9 Å². The van der Waals surface area contributed by atoms with Gasteiger partial charge in [-0.3, -0.25) is 0 Å². The van der Waals surface area contributed by atoms with Crippen molar-refractivity contribution in [2.75, 3.05) is 18.7 Å². The largest absolute Gasteiger partial charge is 1.00 e. The van der Waals surface area contributed by atoms with E-state index in [2.05, 4.69) is 22.4 Å². The molecule has 0 saturated carbocycles. The minimum Gasteiger partial charge on any atom is -1.00 e. The summed E-state index contributed by atoms with van der Waals surface area (Å²) in [6, 6.07) is 5.90. The molecule has 0 spiro atoms. The highest BCUT2D eigenvalue weighted by atomic mass is 35.5. The zero-order chi connectivity index (χ0) is 12.4. The van der Waals surface area contributed by atoms with E-state index in [1.54, 1.807) is 0 Å². The Labute approximate surface area is 118 Å². The van der Waals surface area contributed by atoms with Crippen molar-refractivity contribution in [3.05, 3.63) is 36.9 Å². The van der Waals surface area contributed by atoms with Gasteiger partial charge in [-0.2, -0.15) is 0 Å². The molecule has 1 aliphatic heterocycles. The van der Waals surface area contributed by atoms with Crippen LogP contribution in [0.4, 0.5) is 5.69 Å². The molecule has 0 atom stereocenters. The van der Waals surface area contributed by atoms with Gasteiger partial charge in [0.25, 0.3) is 0 Å². The van der Waals surface area contributed by atoms with E-state index in [1.165, 1.54) is 0 Å². The summed E-state index contributed by atoms with van der Waals surface area (Å²) in [6.45, 7) is 2.11. The molecule has 0 bridgehead atoms. The summed E-state index contributed by atoms with van der Waals surface area (Å²) in [4.78, 5) is 0. The maximum absolute atomic E-state index is 5.34. The molecule has 1 aliphatic rings. The first-order chi connectivity index (χ1) is 8.81. The number of aryl methyl sites for hydroxylation is 1. The minimum absolute atomic E-state index is 0. The number of ether oxygens (including phenoxy) is 2. The van der Waals surface area contributed by atoms with Crippen LogP contribution in [0.5, 0.6) is 11.5 Å². The number of rotatable bonds is 4. The number of hydrogen-bond acceptors (Lipinski definition) is 3. The van der Waals surface area contributed by atoms with Gasteiger partial charge in [0.2, 0.25) is 13.1 Å². The van der Waals surface area contributed by atoms with Crippen LogP contribution in [0.25, 0.3) is 0 Å². The van der Waals surface area contributed by atoms with Crippen LogP contribution in [0, 0.1) is 0 Å². The van der Waals surface area contributed by atoms with E-state index >= 15 is 0 Å². The lowest BCUT2D eigenvalue weighted by Gasteiger charge is -2.05. The summed E-state index contributed by atoms with van der Waals surface area (Å²) in [5, 5.41) is 3.37. The van der Waals surface area contributed by atoms with Crippen molar-refractivity contribution in [3.8, 4) is 11.5 Å². The van der Waals surface area contributed by atoms with E-state index in [4.69, 9.17) is 9.47 Å². The standard InChI is InChI=1S/C13H16N3O2.ClH/c1-15-6-7-16(9-15)5-4-14-11-2-3-12-13(8-11)18-10-17-12;/h2-3,6-9,14H,4-5,10H2,1H3;1H/q+1;/p-1. The number of imidazole rings is 1. The van der Waals surface area contributed by atoms with E-state index in [0.29, 0.717) is 6.79 Å². The smallest absolute Gasteiger partial charge is 0.243 e. The molecule has 19 heavy (non-hydrogen) atoms. The highest BCUT2D eigenvalue weighted by Gasteiger charge is 2.12. The van der Waals surface area contributed by atoms with Crippen LogP contribution < -0.4 is 31.8 Å². The Balaban J connectivity index is 0.00000133. The van der Waals surface area contributed by atoms with E-state index in [0.717, 1.165) is 30.3 Å². The minimum atomic E-state index is 0. The van der Waals surface area contributed by atoms with Gasteiger partial charge in [-0.05, 0) is 12.1 Å². The SMILES string of the molecule is Cn1cc[n+](CCNc2ccc3c(c2)OCO3)c1.[Cl-]. The first kappa shape index (κ1) is 13.5. The highest BCUT2D eigenvalue weighted by Crippen LogP contribution is 2.33. The molecule has 5 nitrogen and oxygen atoms in total. The third-order valence-corrected chi connectivity index (χ3v) is 2.90. The predicted molar refractivity (Wildman–Crippen MR) is 66.7 cm³/mol. The molecule has 0 unspecified atom stereocenters. The first-order valence-electron chi connectivity index (χ1n) is 5.96. The van der Waals surface area contributed by atoms with Crippen molar-refractivity contribution < 1.29 is 26.4 Å². The van der Waals surface area contributed by atoms with Crippen molar-refractivity contribution in [1.29, 1.82) is 0 Å². The Morgan fingerprint density at radius 3 is 2.95 bits per heavy atom. The molecule has 1 aromatic heterocycles. The molecule has 6 heteroatoms. The van der Waals surface area contributed by atoms with Gasteiger partial charge in [0.05, 0.1) is 13.6 Å². The first-order valence-corrected chi connectivity index (χ1v) is 5.96. The van der Waals surface area contributed by atoms with Crippen LogP contribution in [-0.2, 0) is 13.6 Å². The third kappa shape index (κ3) is 3.12. The molecule has 2 heterocycles. The second-order valence-electron chi connectivity index (χ2n) is 4.31. The van der Waals surface area contributed by atoms with Crippen molar-refractivity contribution in [1.82, 2.24) is 4.57 Å². The zero-order valence-corrected chi connectivity index (χ0v) is 11.4. The molecule has 102 valence electrons. The fourth-order valence-electron chi connectivity index (χ4n) is 1.97. The third-order valence-electron chi connectivity index (χ3n) is 2.90. The number of aromatic nitrogens is 2. The number of hydrogen-bond donors (Lipinski definition) is 1. The quantitative estimate of drug-likeness (QED) is 0.670. The number of nitrogens with one attached hydrogen (secondary N) is 1. The fraction of sp³-hybridized carbons (Fsp3) is 0.308. The Kier molecular flexibility index (Phi) is 4.16. The molecule has 0 aliphatic carbocycles. The molecule has 1 aromatic carbocycles. The van der Waals surface area contributed by atoms with Crippen molar-refractivity contribution >= 4 is 5.69 Å². The summed E-state index contributed by atoms with van der Waals surface area (Å²) in [5.74, 6) is 1.63. The summed E-state index contributed by atoms with van der Waals surface area (Å²) in [5.41, 5.74) is 1.05. The van der Waals surface area contributed by atoms with Gasteiger partial charge >= 0.3 is 0 Å². The number of nitrogens with zero attached hydrogens (tertiary/aromatic N) is 2. The Morgan fingerprint density at radius 1 is 1.32 bits per heavy atom. The van der Waals surface area contributed by atoms with Crippen molar-refractivity contribution in [2.45, 2.75) is 6.54 Å². The highest BCUT2D eigenvalue weighted by molar-refractivity contribution is 5.55. The van der Waals surface area contributed by atoms with Gasteiger partial charge < -0.3 is 27.2 Å². The van der Waals surface area contributed by atoms with Crippen LogP contribution in [0.3, 0.4) is 0 Å². The monoisotopic (exact) mass is 281 g/mol. The Bertz CT molecular complexity index is 557. The molecule has 0 amide bonds. The Hall–Kier alpha value is -1.88. The van der Waals surface area contributed by atoms with Crippen LogP contribution in [-0.4, -0.2) is 17.9 Å². The zero-order valence-electron chi connectivity index (χ0n) is 10.7. The second-order valence-corrected chi connectivity index (χ2v) is 4.31.